The highest BCUT2D eigenvalue weighted by atomic mass is 127. The summed E-state index contributed by atoms with van der Waals surface area (Å²) in [7, 11) is 0. The largest absolute Gasteiger partial charge is 0.448 e. The Balaban J connectivity index is 1.23. The number of carbonyl (C=O) groups is 1. The minimum Gasteiger partial charge on any atom is -0.448 e. The highest BCUT2D eigenvalue weighted by Gasteiger charge is 2.30. The van der Waals surface area contributed by atoms with E-state index in [0.29, 0.717) is 26.1 Å². The molecule has 34 heavy (non-hydrogen) atoms. The first-order valence-electron chi connectivity index (χ1n) is 11.6. The molecule has 0 bridgehead atoms. The number of hydrogen-bond donors (Lipinski definition) is 0. The van der Waals surface area contributed by atoms with Gasteiger partial charge in [0.15, 0.2) is 0 Å². The summed E-state index contributed by atoms with van der Waals surface area (Å²) in [5, 5.41) is 0. The molecule has 1 heterocycles. The molecule has 0 saturated carbocycles. The Hall–Kier alpha value is -2.98. The Morgan fingerprint density at radius 3 is 2.26 bits per heavy atom. The van der Waals surface area contributed by atoms with E-state index in [1.165, 1.54) is 42.6 Å². The Morgan fingerprint density at radius 2 is 1.65 bits per heavy atom. The molecule has 0 unspecified atom stereocenters. The molecule has 1 fully saturated rings. The average Bonchev–Trinajstić information content (AvgIpc) is 3.18. The number of piperazine rings is 1. The Labute approximate surface area is 215 Å². The average molecular weight is 562 g/mol. The van der Waals surface area contributed by atoms with Crippen molar-refractivity contribution in [2.75, 3.05) is 37.7 Å². The molecule has 1 aliphatic carbocycles. The SMILES string of the molecule is C#CCc1cc(I)cc(N2CCN(C(=O)OCC3c4ccccc4-c4ccccc43)CC2)c1C. The van der Waals surface area contributed by atoms with Crippen LogP contribution in [0.1, 0.15) is 28.2 Å². The molecule has 2 aliphatic rings. The molecule has 3 aromatic carbocycles. The van der Waals surface area contributed by atoms with Crippen molar-refractivity contribution in [1.82, 2.24) is 4.90 Å². The fraction of sp³-hybridized carbons (Fsp3) is 0.276. The van der Waals surface area contributed by atoms with Gasteiger partial charge in [0.05, 0.1) is 0 Å². The molecule has 5 rings (SSSR count). The molecule has 1 saturated heterocycles. The summed E-state index contributed by atoms with van der Waals surface area (Å²) in [6.07, 6.45) is 5.97. The first kappa shape index (κ1) is 22.8. The first-order chi connectivity index (χ1) is 16.6. The number of nitrogens with zero attached hydrogens (tertiary/aromatic N) is 2. The quantitative estimate of drug-likeness (QED) is 0.296. The van der Waals surface area contributed by atoms with Crippen LogP contribution in [0.2, 0.25) is 0 Å². The van der Waals surface area contributed by atoms with E-state index in [4.69, 9.17) is 11.2 Å². The van der Waals surface area contributed by atoms with Crippen molar-refractivity contribution in [3.8, 4) is 23.5 Å². The van der Waals surface area contributed by atoms with E-state index in [1.54, 1.807) is 0 Å². The number of fused-ring (bicyclic) bond motifs is 3. The van der Waals surface area contributed by atoms with Gasteiger partial charge in [-0.1, -0.05) is 48.5 Å². The molecular weight excluding hydrogens is 535 g/mol. The Morgan fingerprint density at radius 1 is 1.03 bits per heavy atom. The van der Waals surface area contributed by atoms with Crippen LogP contribution >= 0.6 is 22.6 Å². The summed E-state index contributed by atoms with van der Waals surface area (Å²) in [4.78, 5) is 17.1. The van der Waals surface area contributed by atoms with Gasteiger partial charge in [-0.25, -0.2) is 4.79 Å². The van der Waals surface area contributed by atoms with Crippen LogP contribution in [0.4, 0.5) is 10.5 Å². The van der Waals surface area contributed by atoms with Crippen LogP contribution in [-0.2, 0) is 11.2 Å². The molecule has 1 amide bonds. The van der Waals surface area contributed by atoms with Gasteiger partial charge in [0.1, 0.15) is 6.61 Å². The van der Waals surface area contributed by atoms with Gasteiger partial charge >= 0.3 is 6.09 Å². The fourth-order valence-electron chi connectivity index (χ4n) is 5.16. The number of terminal acetylenes is 1. The van der Waals surface area contributed by atoms with E-state index in [2.05, 4.69) is 101 Å². The van der Waals surface area contributed by atoms with Gasteiger partial charge in [-0.3, -0.25) is 0 Å². The van der Waals surface area contributed by atoms with Crippen molar-refractivity contribution in [3.63, 3.8) is 0 Å². The summed E-state index contributed by atoms with van der Waals surface area (Å²) in [6, 6.07) is 21.2. The van der Waals surface area contributed by atoms with Crippen molar-refractivity contribution in [3.05, 3.63) is 86.5 Å². The monoisotopic (exact) mass is 562 g/mol. The lowest BCUT2D eigenvalue weighted by atomic mass is 9.98. The van der Waals surface area contributed by atoms with Crippen molar-refractivity contribution in [2.45, 2.75) is 19.3 Å². The summed E-state index contributed by atoms with van der Waals surface area (Å²) < 4.78 is 7.04. The Bertz CT molecular complexity index is 1230. The molecule has 172 valence electrons. The van der Waals surface area contributed by atoms with Crippen LogP contribution in [-0.4, -0.2) is 43.8 Å². The summed E-state index contributed by atoms with van der Waals surface area (Å²) in [5.41, 5.74) is 8.59. The molecule has 5 heteroatoms. The number of benzene rings is 3. The van der Waals surface area contributed by atoms with Gasteiger partial charge in [0.2, 0.25) is 0 Å². The van der Waals surface area contributed by atoms with Crippen LogP contribution < -0.4 is 4.90 Å². The molecule has 3 aromatic rings. The minimum absolute atomic E-state index is 0.0845. The van der Waals surface area contributed by atoms with Crippen LogP contribution in [0, 0.1) is 22.8 Å². The van der Waals surface area contributed by atoms with E-state index in [-0.39, 0.29) is 12.0 Å². The second-order valence-electron chi connectivity index (χ2n) is 8.87. The number of halogens is 1. The zero-order valence-corrected chi connectivity index (χ0v) is 21.4. The normalized spacial score (nSPS) is 15.0. The van der Waals surface area contributed by atoms with Gasteiger partial charge < -0.3 is 14.5 Å². The van der Waals surface area contributed by atoms with Gasteiger partial charge in [-0.2, -0.15) is 0 Å². The van der Waals surface area contributed by atoms with Crippen LogP contribution in [0.25, 0.3) is 11.1 Å². The maximum Gasteiger partial charge on any atom is 0.409 e. The van der Waals surface area contributed by atoms with Crippen molar-refractivity contribution in [1.29, 1.82) is 0 Å². The minimum atomic E-state index is -0.228. The Kier molecular flexibility index (Phi) is 6.51. The molecule has 1 aliphatic heterocycles. The van der Waals surface area contributed by atoms with Crippen LogP contribution in [0.3, 0.4) is 0 Å². The van der Waals surface area contributed by atoms with E-state index in [9.17, 15) is 4.79 Å². The van der Waals surface area contributed by atoms with Crippen molar-refractivity contribution in [2.24, 2.45) is 0 Å². The predicted molar refractivity (Wildman–Crippen MR) is 145 cm³/mol. The molecular formula is C29H27IN2O2. The standard InChI is InChI=1S/C29H27IN2O2/c1-3-8-21-17-22(30)18-28(20(21)2)31-13-15-32(16-14-31)29(33)34-19-27-25-11-6-4-9-23(25)24-10-5-7-12-26(24)27/h1,4-7,9-12,17-18,27H,8,13-16,19H2,2H3. The molecule has 0 N–H and O–H groups in total. The van der Waals surface area contributed by atoms with Crippen LogP contribution in [0.5, 0.6) is 0 Å². The smallest absolute Gasteiger partial charge is 0.409 e. The number of anilines is 1. The maximum atomic E-state index is 12.9. The lowest BCUT2D eigenvalue weighted by Crippen LogP contribution is -2.49. The third kappa shape index (κ3) is 4.27. The van der Waals surface area contributed by atoms with Gasteiger partial charge in [0.25, 0.3) is 0 Å². The topological polar surface area (TPSA) is 32.8 Å². The maximum absolute atomic E-state index is 12.9. The summed E-state index contributed by atoms with van der Waals surface area (Å²) in [6.45, 7) is 5.34. The highest BCUT2D eigenvalue weighted by Crippen LogP contribution is 2.44. The van der Waals surface area contributed by atoms with Crippen molar-refractivity contribution < 1.29 is 9.53 Å². The summed E-state index contributed by atoms with van der Waals surface area (Å²) >= 11 is 2.35. The predicted octanol–water partition coefficient (Wildman–Crippen LogP) is 5.85. The fourth-order valence-corrected chi connectivity index (χ4v) is 5.83. The molecule has 0 aromatic heterocycles. The highest BCUT2D eigenvalue weighted by molar-refractivity contribution is 14.1. The van der Waals surface area contributed by atoms with Crippen molar-refractivity contribution >= 4 is 34.4 Å². The van der Waals surface area contributed by atoms with E-state index in [0.717, 1.165) is 13.1 Å². The van der Waals surface area contributed by atoms with E-state index >= 15 is 0 Å². The first-order valence-corrected chi connectivity index (χ1v) is 12.7. The molecule has 0 atom stereocenters. The molecule has 0 spiro atoms. The van der Waals surface area contributed by atoms with Gasteiger partial charge in [-0.05, 0) is 75.0 Å². The van der Waals surface area contributed by atoms with Crippen LogP contribution in [0.15, 0.2) is 60.7 Å². The number of carbonyl (C=O) groups excluding carboxylic acids is 1. The number of rotatable bonds is 4. The zero-order chi connectivity index (χ0) is 23.7. The number of amides is 1. The van der Waals surface area contributed by atoms with Gasteiger partial charge in [-0.15, -0.1) is 12.3 Å². The van der Waals surface area contributed by atoms with E-state index < -0.39 is 0 Å². The van der Waals surface area contributed by atoms with E-state index in [1.807, 2.05) is 4.90 Å². The third-order valence-corrected chi connectivity index (χ3v) is 7.58. The second kappa shape index (κ2) is 9.71. The summed E-state index contributed by atoms with van der Waals surface area (Å²) in [5.74, 6) is 2.85. The number of hydrogen-bond acceptors (Lipinski definition) is 3. The third-order valence-electron chi connectivity index (χ3n) is 6.96. The lowest BCUT2D eigenvalue weighted by molar-refractivity contribution is 0.0977. The molecule has 4 nitrogen and oxygen atoms in total. The van der Waals surface area contributed by atoms with Gasteiger partial charge in [0, 0.05) is 47.8 Å². The zero-order valence-electron chi connectivity index (χ0n) is 19.3. The number of ether oxygens (including phenoxy) is 1. The molecule has 0 radical (unpaired) electrons. The second-order valence-corrected chi connectivity index (χ2v) is 10.1. The lowest BCUT2D eigenvalue weighted by Gasteiger charge is -2.36.